The third-order valence-corrected chi connectivity index (χ3v) is 3.72. The van der Waals surface area contributed by atoms with Crippen LogP contribution in [0.2, 0.25) is 0 Å². The van der Waals surface area contributed by atoms with Gasteiger partial charge >= 0.3 is 0 Å². The van der Waals surface area contributed by atoms with E-state index in [2.05, 4.69) is 6.07 Å². The van der Waals surface area contributed by atoms with Gasteiger partial charge < -0.3 is 15.2 Å². The van der Waals surface area contributed by atoms with Gasteiger partial charge in [0.15, 0.2) is 0 Å². The Balaban J connectivity index is 1.86. The quantitative estimate of drug-likeness (QED) is 0.926. The Morgan fingerprint density at radius 1 is 1.25 bits per heavy atom. The van der Waals surface area contributed by atoms with Gasteiger partial charge in [-0.3, -0.25) is 0 Å². The summed E-state index contributed by atoms with van der Waals surface area (Å²) in [6, 6.07) is 16.0. The van der Waals surface area contributed by atoms with Crippen molar-refractivity contribution >= 4 is 0 Å². The van der Waals surface area contributed by atoms with Gasteiger partial charge in [0.1, 0.15) is 11.5 Å². The second-order valence-electron chi connectivity index (χ2n) is 4.99. The Kier molecular flexibility index (Phi) is 3.61. The lowest BCUT2D eigenvalue weighted by Gasteiger charge is -2.19. The van der Waals surface area contributed by atoms with Crippen LogP contribution < -0.4 is 15.2 Å². The summed E-state index contributed by atoms with van der Waals surface area (Å²) in [5, 5.41) is 0. The number of hydrogen-bond donors (Lipinski definition) is 1. The van der Waals surface area contributed by atoms with E-state index < -0.39 is 0 Å². The van der Waals surface area contributed by atoms with Crippen molar-refractivity contribution in [3.63, 3.8) is 0 Å². The van der Waals surface area contributed by atoms with Gasteiger partial charge in [-0.1, -0.05) is 30.3 Å². The number of ether oxygens (including phenoxy) is 2. The average Bonchev–Trinajstić information content (AvgIpc) is 2.91. The zero-order valence-corrected chi connectivity index (χ0v) is 11.6. The summed E-state index contributed by atoms with van der Waals surface area (Å²) in [6.45, 7) is 3.28. The number of nitrogens with two attached hydrogens (primary N) is 1. The second kappa shape index (κ2) is 5.55. The highest BCUT2D eigenvalue weighted by Crippen LogP contribution is 2.40. The van der Waals surface area contributed by atoms with Crippen LogP contribution in [0.5, 0.6) is 11.5 Å². The third kappa shape index (κ3) is 2.37. The standard InChI is InChI=1S/C17H19NO2/c1-2-19-13-7-5-6-12(10-13)17(18)15-11-20-16-9-4-3-8-14(15)16/h3-10,15,17H,2,11,18H2,1H3. The van der Waals surface area contributed by atoms with Crippen molar-refractivity contribution in [2.24, 2.45) is 5.73 Å². The zero-order valence-electron chi connectivity index (χ0n) is 11.6. The lowest BCUT2D eigenvalue weighted by molar-refractivity contribution is 0.314. The average molecular weight is 269 g/mol. The molecule has 104 valence electrons. The van der Waals surface area contributed by atoms with Crippen LogP contribution in [-0.2, 0) is 0 Å². The van der Waals surface area contributed by atoms with Gasteiger partial charge in [0.2, 0.25) is 0 Å². The van der Waals surface area contributed by atoms with Gasteiger partial charge in [0.05, 0.1) is 13.2 Å². The first kappa shape index (κ1) is 13.0. The fraction of sp³-hybridized carbons (Fsp3) is 0.294. The lowest BCUT2D eigenvalue weighted by atomic mass is 9.89. The minimum Gasteiger partial charge on any atom is -0.494 e. The molecule has 1 heterocycles. The van der Waals surface area contributed by atoms with Crippen molar-refractivity contribution in [1.82, 2.24) is 0 Å². The fourth-order valence-electron chi connectivity index (χ4n) is 2.70. The van der Waals surface area contributed by atoms with Gasteiger partial charge in [-0.15, -0.1) is 0 Å². The summed E-state index contributed by atoms with van der Waals surface area (Å²) in [6.07, 6.45) is 0. The van der Waals surface area contributed by atoms with Crippen molar-refractivity contribution < 1.29 is 9.47 Å². The van der Waals surface area contributed by atoms with E-state index in [9.17, 15) is 0 Å². The molecule has 3 heteroatoms. The Bertz CT molecular complexity index is 597. The molecule has 3 rings (SSSR count). The minimum absolute atomic E-state index is 0.0842. The zero-order chi connectivity index (χ0) is 13.9. The number of para-hydroxylation sites is 1. The van der Waals surface area contributed by atoms with E-state index in [1.807, 2.05) is 49.4 Å². The van der Waals surface area contributed by atoms with Crippen LogP contribution in [0.15, 0.2) is 48.5 Å². The Morgan fingerprint density at radius 2 is 2.10 bits per heavy atom. The predicted octanol–water partition coefficient (Wildman–Crippen LogP) is 3.26. The van der Waals surface area contributed by atoms with E-state index in [-0.39, 0.29) is 12.0 Å². The summed E-state index contributed by atoms with van der Waals surface area (Å²) in [5.74, 6) is 2.02. The SMILES string of the molecule is CCOc1cccc(C(N)C2COc3ccccc32)c1. The molecule has 0 saturated carbocycles. The van der Waals surface area contributed by atoms with E-state index in [0.717, 1.165) is 17.1 Å². The molecule has 20 heavy (non-hydrogen) atoms. The highest BCUT2D eigenvalue weighted by atomic mass is 16.5. The molecule has 2 N–H and O–H groups in total. The van der Waals surface area contributed by atoms with Gasteiger partial charge in [-0.2, -0.15) is 0 Å². The maximum atomic E-state index is 6.44. The van der Waals surface area contributed by atoms with Crippen LogP contribution in [-0.4, -0.2) is 13.2 Å². The van der Waals surface area contributed by atoms with Crippen LogP contribution in [0.1, 0.15) is 30.0 Å². The normalized spacial score (nSPS) is 18.2. The van der Waals surface area contributed by atoms with E-state index >= 15 is 0 Å². The highest BCUT2D eigenvalue weighted by molar-refractivity contribution is 5.42. The van der Waals surface area contributed by atoms with Crippen LogP contribution in [0.4, 0.5) is 0 Å². The summed E-state index contributed by atoms with van der Waals surface area (Å²) in [5.41, 5.74) is 8.73. The topological polar surface area (TPSA) is 44.5 Å². The molecule has 2 unspecified atom stereocenters. The van der Waals surface area contributed by atoms with Crippen LogP contribution in [0.3, 0.4) is 0 Å². The van der Waals surface area contributed by atoms with E-state index in [1.54, 1.807) is 0 Å². The summed E-state index contributed by atoms with van der Waals surface area (Å²) < 4.78 is 11.3. The van der Waals surface area contributed by atoms with E-state index in [4.69, 9.17) is 15.2 Å². The molecule has 0 radical (unpaired) electrons. The molecule has 1 aliphatic heterocycles. The molecule has 0 amide bonds. The molecular weight excluding hydrogens is 250 g/mol. The number of benzene rings is 2. The van der Waals surface area contributed by atoms with E-state index in [1.165, 1.54) is 5.56 Å². The maximum Gasteiger partial charge on any atom is 0.122 e. The first-order valence-corrected chi connectivity index (χ1v) is 6.99. The predicted molar refractivity (Wildman–Crippen MR) is 79.2 cm³/mol. The lowest BCUT2D eigenvalue weighted by Crippen LogP contribution is -2.21. The van der Waals surface area contributed by atoms with Gasteiger partial charge in [-0.25, -0.2) is 0 Å². The molecule has 0 fully saturated rings. The maximum absolute atomic E-state index is 6.44. The molecule has 3 nitrogen and oxygen atoms in total. The molecule has 2 aromatic rings. The van der Waals surface area contributed by atoms with Gasteiger partial charge in [-0.05, 0) is 30.7 Å². The Morgan fingerprint density at radius 3 is 2.95 bits per heavy atom. The number of hydrogen-bond acceptors (Lipinski definition) is 3. The fourth-order valence-corrected chi connectivity index (χ4v) is 2.70. The van der Waals surface area contributed by atoms with E-state index in [0.29, 0.717) is 13.2 Å². The molecule has 0 aromatic heterocycles. The second-order valence-corrected chi connectivity index (χ2v) is 4.99. The summed E-state index contributed by atoms with van der Waals surface area (Å²) in [4.78, 5) is 0. The van der Waals surface area contributed by atoms with Crippen LogP contribution in [0.25, 0.3) is 0 Å². The summed E-state index contributed by atoms with van der Waals surface area (Å²) in [7, 11) is 0. The third-order valence-electron chi connectivity index (χ3n) is 3.72. The van der Waals surface area contributed by atoms with Crippen molar-refractivity contribution in [2.75, 3.05) is 13.2 Å². The highest BCUT2D eigenvalue weighted by Gasteiger charge is 2.30. The van der Waals surface area contributed by atoms with Crippen molar-refractivity contribution in [3.05, 3.63) is 59.7 Å². The molecule has 1 aliphatic rings. The van der Waals surface area contributed by atoms with Crippen molar-refractivity contribution in [2.45, 2.75) is 18.9 Å². The molecule has 0 aliphatic carbocycles. The molecule has 2 atom stereocenters. The monoisotopic (exact) mass is 269 g/mol. The minimum atomic E-state index is -0.0842. The first-order valence-electron chi connectivity index (χ1n) is 6.99. The van der Waals surface area contributed by atoms with Gasteiger partial charge in [0, 0.05) is 17.5 Å². The van der Waals surface area contributed by atoms with Crippen LogP contribution in [0, 0.1) is 0 Å². The Hall–Kier alpha value is -2.00. The molecule has 0 spiro atoms. The smallest absolute Gasteiger partial charge is 0.122 e. The first-order chi connectivity index (χ1) is 9.79. The Labute approximate surface area is 119 Å². The van der Waals surface area contributed by atoms with Crippen molar-refractivity contribution in [3.8, 4) is 11.5 Å². The molecule has 2 aromatic carbocycles. The molecule has 0 saturated heterocycles. The van der Waals surface area contributed by atoms with Gasteiger partial charge in [0.25, 0.3) is 0 Å². The number of rotatable bonds is 4. The molecule has 0 bridgehead atoms. The van der Waals surface area contributed by atoms with Crippen LogP contribution >= 0.6 is 0 Å². The summed E-state index contributed by atoms with van der Waals surface area (Å²) >= 11 is 0. The number of fused-ring (bicyclic) bond motifs is 1. The largest absolute Gasteiger partial charge is 0.494 e. The van der Waals surface area contributed by atoms with Crippen molar-refractivity contribution in [1.29, 1.82) is 0 Å². The molecular formula is C17H19NO2.